The van der Waals surface area contributed by atoms with Crippen molar-refractivity contribution in [3.8, 4) is 17.2 Å². The molecule has 0 amide bonds. The van der Waals surface area contributed by atoms with Crippen molar-refractivity contribution >= 4 is 0 Å². The lowest BCUT2D eigenvalue weighted by Crippen LogP contribution is -2.14. The Bertz CT molecular complexity index is 556. The Labute approximate surface area is 121 Å². The molecule has 0 bridgehead atoms. The van der Waals surface area contributed by atoms with Crippen molar-refractivity contribution in [1.82, 2.24) is 0 Å². The highest BCUT2D eigenvalue weighted by molar-refractivity contribution is 5.43. The molecular weight excluding hydrogens is 248 g/mol. The summed E-state index contributed by atoms with van der Waals surface area (Å²) in [6.07, 6.45) is 1.11. The predicted molar refractivity (Wildman–Crippen MR) is 82.8 cm³/mol. The summed E-state index contributed by atoms with van der Waals surface area (Å²) in [5.74, 6) is 2.30. The largest absolute Gasteiger partial charge is 0.493 e. The maximum absolute atomic E-state index is 5.88. The van der Waals surface area contributed by atoms with E-state index in [1.54, 1.807) is 7.11 Å². The molecule has 2 nitrogen and oxygen atoms in total. The summed E-state index contributed by atoms with van der Waals surface area (Å²) in [6.45, 7) is 6.71. The fourth-order valence-electron chi connectivity index (χ4n) is 2.01. The molecule has 0 N–H and O–H groups in total. The highest BCUT2D eigenvalue weighted by Crippen LogP contribution is 2.33. The van der Waals surface area contributed by atoms with Gasteiger partial charge in [0.1, 0.15) is 5.75 Å². The van der Waals surface area contributed by atoms with Gasteiger partial charge in [0.05, 0.1) is 7.11 Å². The van der Waals surface area contributed by atoms with Crippen LogP contribution >= 0.6 is 0 Å². The molecule has 2 rings (SSSR count). The van der Waals surface area contributed by atoms with Crippen LogP contribution in [0.15, 0.2) is 48.5 Å². The van der Waals surface area contributed by atoms with Crippen molar-refractivity contribution in [1.29, 1.82) is 0 Å². The van der Waals surface area contributed by atoms with Gasteiger partial charge in [-0.3, -0.25) is 0 Å². The Morgan fingerprint density at radius 2 is 1.50 bits per heavy atom. The quantitative estimate of drug-likeness (QED) is 0.745. The van der Waals surface area contributed by atoms with E-state index < -0.39 is 0 Å². The van der Waals surface area contributed by atoms with Gasteiger partial charge in [-0.2, -0.15) is 0 Å². The number of rotatable bonds is 5. The predicted octanol–water partition coefficient (Wildman–Crippen LogP) is 5.18. The fraction of sp³-hybridized carbons (Fsp3) is 0.333. The van der Waals surface area contributed by atoms with Crippen LogP contribution in [-0.2, 0) is 5.41 Å². The molecule has 0 spiro atoms. The van der Waals surface area contributed by atoms with E-state index in [1.807, 2.05) is 36.4 Å². The summed E-state index contributed by atoms with van der Waals surface area (Å²) in [5, 5.41) is 0. The van der Waals surface area contributed by atoms with E-state index in [4.69, 9.17) is 9.47 Å². The van der Waals surface area contributed by atoms with Crippen LogP contribution in [0.2, 0.25) is 0 Å². The Kier molecular flexibility index (Phi) is 4.33. The molecule has 2 aromatic rings. The van der Waals surface area contributed by atoms with E-state index in [0.29, 0.717) is 0 Å². The van der Waals surface area contributed by atoms with Crippen LogP contribution in [0.25, 0.3) is 0 Å². The molecule has 0 fully saturated rings. The van der Waals surface area contributed by atoms with Gasteiger partial charge < -0.3 is 9.47 Å². The average Bonchev–Trinajstić information content (AvgIpc) is 2.48. The molecule has 2 aromatic carbocycles. The number of para-hydroxylation sites is 2. The van der Waals surface area contributed by atoms with Crippen LogP contribution in [0.4, 0.5) is 0 Å². The van der Waals surface area contributed by atoms with Crippen LogP contribution in [0.5, 0.6) is 17.2 Å². The number of ether oxygens (including phenoxy) is 2. The lowest BCUT2D eigenvalue weighted by Gasteiger charge is -2.23. The van der Waals surface area contributed by atoms with Gasteiger partial charge in [0.2, 0.25) is 0 Å². The van der Waals surface area contributed by atoms with Crippen molar-refractivity contribution in [2.75, 3.05) is 7.11 Å². The van der Waals surface area contributed by atoms with E-state index in [2.05, 4.69) is 32.9 Å². The zero-order valence-electron chi connectivity index (χ0n) is 12.6. The molecule has 0 saturated carbocycles. The minimum Gasteiger partial charge on any atom is -0.493 e. The maximum Gasteiger partial charge on any atom is 0.169 e. The summed E-state index contributed by atoms with van der Waals surface area (Å²) in [7, 11) is 1.65. The van der Waals surface area contributed by atoms with Gasteiger partial charge in [-0.25, -0.2) is 0 Å². The molecular formula is C18H22O2. The van der Waals surface area contributed by atoms with Gasteiger partial charge in [0.25, 0.3) is 0 Å². The van der Waals surface area contributed by atoms with Gasteiger partial charge in [-0.1, -0.05) is 45.0 Å². The molecule has 0 aliphatic heterocycles. The fourth-order valence-corrected chi connectivity index (χ4v) is 2.01. The first kappa shape index (κ1) is 14.4. The van der Waals surface area contributed by atoms with Crippen molar-refractivity contribution in [3.63, 3.8) is 0 Å². The molecule has 0 radical (unpaired) electrons. The highest BCUT2D eigenvalue weighted by atomic mass is 16.5. The number of methoxy groups -OCH3 is 1. The second kappa shape index (κ2) is 6.00. The van der Waals surface area contributed by atoms with Crippen molar-refractivity contribution in [3.05, 3.63) is 54.1 Å². The normalized spacial score (nSPS) is 11.2. The zero-order chi connectivity index (χ0) is 14.6. The molecule has 0 saturated heterocycles. The van der Waals surface area contributed by atoms with Gasteiger partial charge in [-0.15, -0.1) is 0 Å². The van der Waals surface area contributed by atoms with Gasteiger partial charge >= 0.3 is 0 Å². The van der Waals surface area contributed by atoms with Crippen molar-refractivity contribution in [2.24, 2.45) is 0 Å². The van der Waals surface area contributed by atoms with Crippen molar-refractivity contribution in [2.45, 2.75) is 32.6 Å². The summed E-state index contributed by atoms with van der Waals surface area (Å²) in [4.78, 5) is 0. The summed E-state index contributed by atoms with van der Waals surface area (Å²) < 4.78 is 11.2. The third-order valence-corrected chi connectivity index (χ3v) is 3.82. The summed E-state index contributed by atoms with van der Waals surface area (Å²) in [6, 6.07) is 16.0. The van der Waals surface area contributed by atoms with E-state index in [1.165, 1.54) is 5.56 Å². The Hall–Kier alpha value is -1.96. The Morgan fingerprint density at radius 1 is 0.900 bits per heavy atom. The van der Waals surface area contributed by atoms with E-state index in [9.17, 15) is 0 Å². The molecule has 0 aromatic heterocycles. The van der Waals surface area contributed by atoms with E-state index >= 15 is 0 Å². The number of benzene rings is 2. The standard InChI is InChI=1S/C18H22O2/c1-5-18(2,3)14-10-12-15(13-11-14)20-17-9-7-6-8-16(17)19-4/h6-13H,5H2,1-4H3. The van der Waals surface area contributed by atoms with E-state index in [0.717, 1.165) is 23.7 Å². The molecule has 0 aliphatic carbocycles. The molecule has 0 heterocycles. The summed E-state index contributed by atoms with van der Waals surface area (Å²) in [5.41, 5.74) is 1.52. The Balaban J connectivity index is 2.19. The van der Waals surface area contributed by atoms with Gasteiger partial charge in [0, 0.05) is 0 Å². The van der Waals surface area contributed by atoms with E-state index in [-0.39, 0.29) is 5.41 Å². The minimum absolute atomic E-state index is 0.197. The molecule has 2 heteroatoms. The highest BCUT2D eigenvalue weighted by Gasteiger charge is 2.17. The third-order valence-electron chi connectivity index (χ3n) is 3.82. The van der Waals surface area contributed by atoms with Crippen LogP contribution < -0.4 is 9.47 Å². The van der Waals surface area contributed by atoms with Gasteiger partial charge in [0.15, 0.2) is 11.5 Å². The molecule has 0 aliphatic rings. The van der Waals surface area contributed by atoms with Crippen LogP contribution in [0, 0.1) is 0 Å². The first-order chi connectivity index (χ1) is 9.56. The Morgan fingerprint density at radius 3 is 2.05 bits per heavy atom. The molecule has 0 atom stereocenters. The topological polar surface area (TPSA) is 18.5 Å². The number of hydrogen-bond donors (Lipinski definition) is 0. The smallest absolute Gasteiger partial charge is 0.169 e. The second-order valence-electron chi connectivity index (χ2n) is 5.51. The first-order valence-corrected chi connectivity index (χ1v) is 6.98. The molecule has 20 heavy (non-hydrogen) atoms. The zero-order valence-corrected chi connectivity index (χ0v) is 12.6. The lowest BCUT2D eigenvalue weighted by molar-refractivity contribution is 0.378. The average molecular weight is 270 g/mol. The van der Waals surface area contributed by atoms with Crippen LogP contribution in [-0.4, -0.2) is 7.11 Å². The summed E-state index contributed by atoms with van der Waals surface area (Å²) >= 11 is 0. The molecule has 0 unspecified atom stereocenters. The van der Waals surface area contributed by atoms with Crippen LogP contribution in [0.3, 0.4) is 0 Å². The monoisotopic (exact) mass is 270 g/mol. The lowest BCUT2D eigenvalue weighted by atomic mass is 9.82. The van der Waals surface area contributed by atoms with Crippen LogP contribution in [0.1, 0.15) is 32.8 Å². The maximum atomic E-state index is 5.88. The second-order valence-corrected chi connectivity index (χ2v) is 5.51. The first-order valence-electron chi connectivity index (χ1n) is 6.98. The molecule has 106 valence electrons. The number of hydrogen-bond acceptors (Lipinski definition) is 2. The SMILES string of the molecule is CCC(C)(C)c1ccc(Oc2ccccc2OC)cc1. The van der Waals surface area contributed by atoms with Gasteiger partial charge in [-0.05, 0) is 41.7 Å². The minimum atomic E-state index is 0.197. The van der Waals surface area contributed by atoms with Crippen molar-refractivity contribution < 1.29 is 9.47 Å². The third kappa shape index (κ3) is 3.13.